The van der Waals surface area contributed by atoms with Gasteiger partial charge in [0.25, 0.3) is 0 Å². The van der Waals surface area contributed by atoms with Crippen LogP contribution in [0.5, 0.6) is 0 Å². The van der Waals surface area contributed by atoms with E-state index in [0.29, 0.717) is 49.7 Å². The minimum absolute atomic E-state index is 0.0457. The van der Waals surface area contributed by atoms with Gasteiger partial charge in [-0.25, -0.2) is 13.4 Å². The second-order valence-electron chi connectivity index (χ2n) is 8.95. The summed E-state index contributed by atoms with van der Waals surface area (Å²) in [6.07, 6.45) is 5.48. The smallest absolute Gasteiger partial charge is 0.243 e. The van der Waals surface area contributed by atoms with Crippen molar-refractivity contribution in [2.24, 2.45) is 0 Å². The third-order valence-corrected chi connectivity index (χ3v) is 8.28. The summed E-state index contributed by atoms with van der Waals surface area (Å²) < 4.78 is 33.2. The molecular formula is C27H33N3O4S. The Kier molecular flexibility index (Phi) is 8.36. The van der Waals surface area contributed by atoms with Gasteiger partial charge in [-0.15, -0.1) is 0 Å². The lowest BCUT2D eigenvalue weighted by Crippen LogP contribution is -2.31. The van der Waals surface area contributed by atoms with Gasteiger partial charge in [-0.05, 0) is 56.0 Å². The molecule has 0 radical (unpaired) electrons. The maximum absolute atomic E-state index is 12.9. The van der Waals surface area contributed by atoms with Gasteiger partial charge >= 0.3 is 0 Å². The molecule has 2 aromatic carbocycles. The Balaban J connectivity index is 1.24. The van der Waals surface area contributed by atoms with Gasteiger partial charge in [0.05, 0.1) is 10.6 Å². The van der Waals surface area contributed by atoms with Crippen LogP contribution in [-0.4, -0.2) is 43.2 Å². The van der Waals surface area contributed by atoms with Crippen LogP contribution in [0.3, 0.4) is 0 Å². The molecule has 35 heavy (non-hydrogen) atoms. The maximum atomic E-state index is 12.9. The Morgan fingerprint density at radius 2 is 1.66 bits per heavy atom. The van der Waals surface area contributed by atoms with Crippen molar-refractivity contribution in [1.82, 2.24) is 14.6 Å². The van der Waals surface area contributed by atoms with E-state index in [0.717, 1.165) is 48.3 Å². The molecule has 2 heterocycles. The van der Waals surface area contributed by atoms with Crippen molar-refractivity contribution < 1.29 is 17.6 Å². The number of hydrogen-bond donors (Lipinski definition) is 1. The number of hydrogen-bond acceptors (Lipinski definition) is 5. The monoisotopic (exact) mass is 495 g/mol. The van der Waals surface area contributed by atoms with E-state index >= 15 is 0 Å². The van der Waals surface area contributed by atoms with Crippen LogP contribution in [0, 0.1) is 6.92 Å². The first-order chi connectivity index (χ1) is 16.9. The molecule has 1 aliphatic rings. The highest BCUT2D eigenvalue weighted by atomic mass is 32.2. The predicted molar refractivity (Wildman–Crippen MR) is 135 cm³/mol. The molecule has 0 aliphatic carbocycles. The molecule has 1 saturated heterocycles. The van der Waals surface area contributed by atoms with Gasteiger partial charge in [0.1, 0.15) is 5.76 Å². The van der Waals surface area contributed by atoms with E-state index in [1.54, 1.807) is 16.4 Å². The normalized spacial score (nSPS) is 15.0. The molecule has 0 bridgehead atoms. The van der Waals surface area contributed by atoms with Gasteiger partial charge in [-0.3, -0.25) is 4.79 Å². The lowest BCUT2D eigenvalue weighted by molar-refractivity contribution is -0.121. The van der Waals surface area contributed by atoms with Gasteiger partial charge in [0.15, 0.2) is 0 Å². The van der Waals surface area contributed by atoms with Crippen molar-refractivity contribution in [3.8, 4) is 11.5 Å². The number of carbonyl (C=O) groups excluding carboxylic acids is 1. The van der Waals surface area contributed by atoms with Crippen molar-refractivity contribution in [2.45, 2.75) is 56.8 Å². The molecule has 3 aromatic rings. The van der Waals surface area contributed by atoms with Crippen molar-refractivity contribution in [3.63, 3.8) is 0 Å². The van der Waals surface area contributed by atoms with Gasteiger partial charge in [-0.2, -0.15) is 4.31 Å². The minimum atomic E-state index is -3.45. The fraction of sp³-hybridized carbons (Fsp3) is 0.407. The fourth-order valence-corrected chi connectivity index (χ4v) is 5.81. The van der Waals surface area contributed by atoms with E-state index in [9.17, 15) is 13.2 Å². The highest BCUT2D eigenvalue weighted by molar-refractivity contribution is 7.89. The van der Waals surface area contributed by atoms with E-state index in [1.165, 1.54) is 0 Å². The van der Waals surface area contributed by atoms with Gasteiger partial charge in [-0.1, -0.05) is 43.2 Å². The second-order valence-corrected chi connectivity index (χ2v) is 10.9. The number of aryl methyl sites for hydroxylation is 2. The second kappa shape index (κ2) is 11.6. The third kappa shape index (κ3) is 6.58. The minimum Gasteiger partial charge on any atom is -0.441 e. The van der Waals surface area contributed by atoms with Crippen LogP contribution < -0.4 is 5.32 Å². The molecule has 186 valence electrons. The average molecular weight is 496 g/mol. The molecule has 4 rings (SSSR count). The lowest BCUT2D eigenvalue weighted by atomic mass is 10.1. The maximum Gasteiger partial charge on any atom is 0.243 e. The zero-order chi connectivity index (χ0) is 24.7. The number of nitrogens with one attached hydrogen (secondary N) is 1. The molecule has 1 aliphatic heterocycles. The molecule has 0 unspecified atom stereocenters. The van der Waals surface area contributed by atoms with E-state index in [4.69, 9.17) is 4.42 Å². The number of amides is 1. The topological polar surface area (TPSA) is 92.5 Å². The van der Waals surface area contributed by atoms with Crippen LogP contribution >= 0.6 is 0 Å². The van der Waals surface area contributed by atoms with E-state index in [-0.39, 0.29) is 5.91 Å². The van der Waals surface area contributed by atoms with Crippen LogP contribution in [0.15, 0.2) is 63.9 Å². The summed E-state index contributed by atoms with van der Waals surface area (Å²) in [6.45, 7) is 3.54. The molecule has 7 nitrogen and oxygen atoms in total. The third-order valence-electron chi connectivity index (χ3n) is 6.36. The summed E-state index contributed by atoms with van der Waals surface area (Å²) >= 11 is 0. The van der Waals surface area contributed by atoms with Crippen LogP contribution in [-0.2, 0) is 27.7 Å². The largest absolute Gasteiger partial charge is 0.441 e. The Labute approximate surface area is 207 Å². The number of aromatic nitrogens is 1. The molecule has 8 heteroatoms. The standard InChI is InChI=1S/C27H33N3O4S/c1-21-25(29-27(34-21)23-9-5-4-6-10-23)17-18-28-26(31)16-13-22-11-14-24(15-12-22)35(32,33)30-19-7-2-3-8-20-30/h4-6,9-12,14-15H,2-3,7-8,13,16-20H2,1H3,(H,28,31). The van der Waals surface area contributed by atoms with E-state index < -0.39 is 10.0 Å². The Bertz CT molecular complexity index is 1210. The van der Waals surface area contributed by atoms with Crippen LogP contribution in [0.25, 0.3) is 11.5 Å². The van der Waals surface area contributed by atoms with Crippen LogP contribution in [0.1, 0.15) is 49.1 Å². The number of rotatable bonds is 9. The zero-order valence-corrected chi connectivity index (χ0v) is 21.0. The summed E-state index contributed by atoms with van der Waals surface area (Å²) in [4.78, 5) is 17.2. The zero-order valence-electron chi connectivity index (χ0n) is 20.2. The van der Waals surface area contributed by atoms with Crippen molar-refractivity contribution >= 4 is 15.9 Å². The number of sulfonamides is 1. The quantitative estimate of drug-likeness (QED) is 0.472. The summed E-state index contributed by atoms with van der Waals surface area (Å²) in [6, 6.07) is 16.7. The molecule has 1 N–H and O–H groups in total. The molecule has 1 fully saturated rings. The number of oxazole rings is 1. The molecule has 0 atom stereocenters. The first kappa shape index (κ1) is 25.1. The Hall–Kier alpha value is -2.97. The molecule has 0 spiro atoms. The van der Waals surface area contributed by atoms with E-state index in [1.807, 2.05) is 49.4 Å². The summed E-state index contributed by atoms with van der Waals surface area (Å²) in [5, 5.41) is 2.94. The SMILES string of the molecule is Cc1oc(-c2ccccc2)nc1CCNC(=O)CCc1ccc(S(=O)(=O)N2CCCCCC2)cc1. The summed E-state index contributed by atoms with van der Waals surface area (Å²) in [5.74, 6) is 1.30. The molecule has 1 aromatic heterocycles. The van der Waals surface area contributed by atoms with Gasteiger partial charge < -0.3 is 9.73 Å². The van der Waals surface area contributed by atoms with Gasteiger partial charge in [0.2, 0.25) is 21.8 Å². The lowest BCUT2D eigenvalue weighted by Gasteiger charge is -2.20. The summed E-state index contributed by atoms with van der Waals surface area (Å²) in [7, 11) is -3.45. The highest BCUT2D eigenvalue weighted by Gasteiger charge is 2.24. The molecule has 0 saturated carbocycles. The van der Waals surface area contributed by atoms with Gasteiger partial charge in [0, 0.05) is 38.0 Å². The van der Waals surface area contributed by atoms with Crippen molar-refractivity contribution in [3.05, 3.63) is 71.6 Å². The first-order valence-corrected chi connectivity index (χ1v) is 13.7. The predicted octanol–water partition coefficient (Wildman–Crippen LogP) is 4.51. The molecular weight excluding hydrogens is 462 g/mol. The fourth-order valence-electron chi connectivity index (χ4n) is 4.29. The van der Waals surface area contributed by atoms with Crippen LogP contribution in [0.4, 0.5) is 0 Å². The number of carbonyl (C=O) groups is 1. The van der Waals surface area contributed by atoms with Crippen molar-refractivity contribution in [2.75, 3.05) is 19.6 Å². The Morgan fingerprint density at radius 1 is 0.971 bits per heavy atom. The molecule has 1 amide bonds. The summed E-state index contributed by atoms with van der Waals surface area (Å²) in [5.41, 5.74) is 2.70. The van der Waals surface area contributed by atoms with Crippen LogP contribution in [0.2, 0.25) is 0 Å². The number of nitrogens with zero attached hydrogens (tertiary/aromatic N) is 2. The number of benzene rings is 2. The Morgan fingerprint density at radius 3 is 2.34 bits per heavy atom. The average Bonchev–Trinajstić information content (AvgIpc) is 3.06. The highest BCUT2D eigenvalue weighted by Crippen LogP contribution is 2.22. The first-order valence-electron chi connectivity index (χ1n) is 12.3. The van der Waals surface area contributed by atoms with Crippen molar-refractivity contribution in [1.29, 1.82) is 0 Å². The van der Waals surface area contributed by atoms with E-state index in [2.05, 4.69) is 10.3 Å².